The van der Waals surface area contributed by atoms with Crippen molar-refractivity contribution >= 4 is 50.7 Å². The van der Waals surface area contributed by atoms with Crippen molar-refractivity contribution in [1.82, 2.24) is 9.55 Å². The summed E-state index contributed by atoms with van der Waals surface area (Å²) in [7, 11) is 1.52. The van der Waals surface area contributed by atoms with Crippen LogP contribution < -0.4 is 5.56 Å². The average Bonchev–Trinajstić information content (AvgIpc) is 2.97. The molecule has 1 aromatic carbocycles. The summed E-state index contributed by atoms with van der Waals surface area (Å²) in [5.41, 5.74) is 0.923. The number of hydrogen-bond acceptors (Lipinski definition) is 6. The minimum Gasteiger partial charge on any atom is -0.459 e. The largest absolute Gasteiger partial charge is 0.459 e. The van der Waals surface area contributed by atoms with E-state index in [-0.39, 0.29) is 18.7 Å². The fraction of sp³-hybridized carbons (Fsp3) is 0.278. The van der Waals surface area contributed by atoms with Crippen LogP contribution in [0.2, 0.25) is 10.0 Å². The molecule has 0 atom stereocenters. The molecule has 142 valence electrons. The first kappa shape index (κ1) is 19.8. The number of hydrogen-bond donors (Lipinski definition) is 0. The molecule has 0 amide bonds. The number of rotatable bonds is 6. The molecule has 0 saturated heterocycles. The van der Waals surface area contributed by atoms with Crippen LogP contribution >= 0.6 is 34.5 Å². The van der Waals surface area contributed by atoms with E-state index in [9.17, 15) is 9.59 Å². The molecule has 0 aliphatic heterocycles. The maximum atomic E-state index is 12.9. The molecule has 0 N–H and O–H groups in total. The lowest BCUT2D eigenvalue weighted by Gasteiger charge is -2.09. The number of fused-ring (bicyclic) bond motifs is 1. The van der Waals surface area contributed by atoms with Crippen molar-refractivity contribution in [2.24, 2.45) is 0 Å². The molecule has 3 aromatic rings. The maximum absolute atomic E-state index is 12.9. The Morgan fingerprint density at radius 3 is 2.63 bits per heavy atom. The fourth-order valence-electron chi connectivity index (χ4n) is 2.60. The molecular weight excluding hydrogens is 411 g/mol. The van der Waals surface area contributed by atoms with E-state index in [1.165, 1.54) is 18.0 Å². The van der Waals surface area contributed by atoms with Crippen LogP contribution in [0.15, 0.2) is 29.3 Å². The molecule has 0 unspecified atom stereocenters. The van der Waals surface area contributed by atoms with Gasteiger partial charge in [-0.25, -0.2) is 9.78 Å². The number of ether oxygens (including phenoxy) is 2. The number of esters is 1. The lowest BCUT2D eigenvalue weighted by Crippen LogP contribution is -2.21. The van der Waals surface area contributed by atoms with Gasteiger partial charge < -0.3 is 9.47 Å². The van der Waals surface area contributed by atoms with Gasteiger partial charge in [0.1, 0.15) is 16.3 Å². The van der Waals surface area contributed by atoms with E-state index in [4.69, 9.17) is 32.7 Å². The van der Waals surface area contributed by atoms with E-state index in [1.54, 1.807) is 25.1 Å². The molecule has 0 aliphatic rings. The molecule has 0 bridgehead atoms. The predicted octanol–water partition coefficient (Wildman–Crippen LogP) is 3.92. The number of carbonyl (C=O) groups excluding carboxylic acids is 1. The Morgan fingerprint density at radius 2 is 1.96 bits per heavy atom. The summed E-state index contributed by atoms with van der Waals surface area (Å²) in [5, 5.41) is 1.34. The minimum atomic E-state index is -0.493. The van der Waals surface area contributed by atoms with Gasteiger partial charge in [-0.2, -0.15) is 0 Å². The number of halogens is 2. The van der Waals surface area contributed by atoms with Crippen molar-refractivity contribution in [2.45, 2.75) is 13.5 Å². The van der Waals surface area contributed by atoms with Crippen LogP contribution in [0, 0.1) is 6.92 Å². The molecule has 6 nitrogen and oxygen atoms in total. The highest BCUT2D eigenvalue weighted by Gasteiger charge is 2.21. The standard InChI is InChI=1S/C18H16Cl2N2O4S/c1-10-14-16(27-15(10)18(24)26-7-6-25-2)21-9-22(17(14)23)8-11-12(19)4-3-5-13(11)20/h3-5,9H,6-8H2,1-2H3. The fourth-order valence-corrected chi connectivity index (χ4v) is 4.15. The van der Waals surface area contributed by atoms with Gasteiger partial charge in [0, 0.05) is 22.7 Å². The van der Waals surface area contributed by atoms with Crippen molar-refractivity contribution in [1.29, 1.82) is 0 Å². The first-order valence-electron chi connectivity index (χ1n) is 8.01. The third-order valence-corrected chi connectivity index (χ3v) is 5.90. The zero-order valence-electron chi connectivity index (χ0n) is 14.6. The minimum absolute atomic E-state index is 0.145. The van der Waals surface area contributed by atoms with Crippen LogP contribution in [0.3, 0.4) is 0 Å². The van der Waals surface area contributed by atoms with Crippen molar-refractivity contribution in [3.05, 3.63) is 60.9 Å². The third kappa shape index (κ3) is 4.01. The normalized spacial score (nSPS) is 11.1. The smallest absolute Gasteiger partial charge is 0.348 e. The van der Waals surface area contributed by atoms with Crippen molar-refractivity contribution < 1.29 is 14.3 Å². The number of methoxy groups -OCH3 is 1. The Morgan fingerprint density at radius 1 is 1.26 bits per heavy atom. The van der Waals surface area contributed by atoms with Gasteiger partial charge in [0.2, 0.25) is 0 Å². The number of thiophene rings is 1. The molecule has 9 heteroatoms. The quantitative estimate of drug-likeness (QED) is 0.441. The zero-order chi connectivity index (χ0) is 19.6. The Kier molecular flexibility index (Phi) is 6.16. The molecule has 2 heterocycles. The van der Waals surface area contributed by atoms with E-state index < -0.39 is 5.97 Å². The van der Waals surface area contributed by atoms with Gasteiger partial charge in [-0.05, 0) is 24.6 Å². The molecule has 0 spiro atoms. The first-order chi connectivity index (χ1) is 12.9. The van der Waals surface area contributed by atoms with E-state index in [0.717, 1.165) is 11.3 Å². The van der Waals surface area contributed by atoms with Crippen LogP contribution in [-0.4, -0.2) is 35.8 Å². The zero-order valence-corrected chi connectivity index (χ0v) is 17.0. The van der Waals surface area contributed by atoms with Crippen molar-refractivity contribution in [3.8, 4) is 0 Å². The second-order valence-corrected chi connectivity index (χ2v) is 7.56. The summed E-state index contributed by atoms with van der Waals surface area (Å²) in [5.74, 6) is -0.493. The summed E-state index contributed by atoms with van der Waals surface area (Å²) in [6.45, 7) is 2.34. The lowest BCUT2D eigenvalue weighted by atomic mass is 10.2. The van der Waals surface area contributed by atoms with Gasteiger partial charge in [0.05, 0.1) is 24.9 Å². The monoisotopic (exact) mass is 426 g/mol. The molecule has 0 radical (unpaired) electrons. The summed E-state index contributed by atoms with van der Waals surface area (Å²) in [6.07, 6.45) is 1.43. The van der Waals surface area contributed by atoms with Gasteiger partial charge in [-0.15, -0.1) is 11.3 Å². The molecular formula is C18H16Cl2N2O4S. The average molecular weight is 427 g/mol. The molecule has 27 heavy (non-hydrogen) atoms. The van der Waals surface area contributed by atoms with Gasteiger partial charge in [0.15, 0.2) is 0 Å². The number of aromatic nitrogens is 2. The van der Waals surface area contributed by atoms with E-state index in [2.05, 4.69) is 4.98 Å². The number of benzene rings is 1. The molecule has 3 rings (SSSR count). The van der Waals surface area contributed by atoms with Crippen molar-refractivity contribution in [3.63, 3.8) is 0 Å². The number of carbonyl (C=O) groups is 1. The SMILES string of the molecule is COCCOC(=O)c1sc2ncn(Cc3c(Cl)cccc3Cl)c(=O)c2c1C. The van der Waals surface area contributed by atoms with E-state index in [1.807, 2.05) is 0 Å². The van der Waals surface area contributed by atoms with Crippen LogP contribution in [-0.2, 0) is 16.0 Å². The lowest BCUT2D eigenvalue weighted by molar-refractivity contribution is 0.0393. The second-order valence-electron chi connectivity index (χ2n) is 5.74. The number of nitrogens with zero attached hydrogens (tertiary/aromatic N) is 2. The Balaban J connectivity index is 1.99. The van der Waals surface area contributed by atoms with E-state index >= 15 is 0 Å². The molecule has 2 aromatic heterocycles. The van der Waals surface area contributed by atoms with Crippen LogP contribution in [0.1, 0.15) is 20.8 Å². The van der Waals surface area contributed by atoms with Crippen LogP contribution in [0.4, 0.5) is 0 Å². The summed E-state index contributed by atoms with van der Waals surface area (Å²) >= 11 is 13.5. The summed E-state index contributed by atoms with van der Waals surface area (Å²) < 4.78 is 11.4. The third-order valence-electron chi connectivity index (χ3n) is 4.01. The van der Waals surface area contributed by atoms with Gasteiger partial charge >= 0.3 is 5.97 Å². The molecule has 0 saturated carbocycles. The highest BCUT2D eigenvalue weighted by molar-refractivity contribution is 7.20. The highest BCUT2D eigenvalue weighted by atomic mass is 35.5. The summed E-state index contributed by atoms with van der Waals surface area (Å²) in [4.78, 5) is 30.4. The second kappa shape index (κ2) is 8.39. The predicted molar refractivity (Wildman–Crippen MR) is 106 cm³/mol. The highest BCUT2D eigenvalue weighted by Crippen LogP contribution is 2.28. The molecule has 0 aliphatic carbocycles. The van der Waals surface area contributed by atoms with Crippen LogP contribution in [0.5, 0.6) is 0 Å². The Bertz CT molecular complexity index is 1040. The summed E-state index contributed by atoms with van der Waals surface area (Å²) in [6, 6.07) is 5.16. The van der Waals surface area contributed by atoms with Gasteiger partial charge in [0.25, 0.3) is 5.56 Å². The Hall–Kier alpha value is -1.93. The van der Waals surface area contributed by atoms with E-state index in [0.29, 0.717) is 42.9 Å². The topological polar surface area (TPSA) is 70.4 Å². The number of aryl methyl sites for hydroxylation is 1. The van der Waals surface area contributed by atoms with Gasteiger partial charge in [-0.1, -0.05) is 29.3 Å². The van der Waals surface area contributed by atoms with Gasteiger partial charge in [-0.3, -0.25) is 9.36 Å². The Labute approximate surface area is 169 Å². The molecule has 0 fully saturated rings. The van der Waals surface area contributed by atoms with Crippen LogP contribution in [0.25, 0.3) is 10.2 Å². The first-order valence-corrected chi connectivity index (χ1v) is 9.58. The van der Waals surface area contributed by atoms with Crippen molar-refractivity contribution in [2.75, 3.05) is 20.3 Å². The maximum Gasteiger partial charge on any atom is 0.348 e.